The number of thioether (sulfide) groups is 1. The third-order valence-electron chi connectivity index (χ3n) is 10.1. The van der Waals surface area contributed by atoms with E-state index >= 15 is 0 Å². The number of methoxy groups -OCH3 is 2. The summed E-state index contributed by atoms with van der Waals surface area (Å²) in [5.41, 5.74) is 2.60. The molecule has 10 nitrogen and oxygen atoms in total. The van der Waals surface area contributed by atoms with E-state index in [1.165, 1.54) is 43.9 Å². The molecule has 3 heterocycles. The molecule has 1 aliphatic heterocycles. The maximum atomic E-state index is 14.0. The van der Waals surface area contributed by atoms with Crippen molar-refractivity contribution in [1.29, 1.82) is 0 Å². The average molecular weight is 651 g/mol. The molecular weight excluding hydrogens is 613 g/mol. The maximum absolute atomic E-state index is 14.0. The number of aryl methyl sites for hydroxylation is 2. The van der Waals surface area contributed by atoms with Crippen LogP contribution in [-0.4, -0.2) is 60.6 Å². The van der Waals surface area contributed by atoms with Crippen molar-refractivity contribution < 1.29 is 28.9 Å². The van der Waals surface area contributed by atoms with E-state index in [0.717, 1.165) is 23.0 Å². The van der Waals surface area contributed by atoms with Gasteiger partial charge in [-0.15, -0.1) is 5.10 Å². The average Bonchev–Trinajstić information content (AvgIpc) is 3.71. The summed E-state index contributed by atoms with van der Waals surface area (Å²) in [5, 5.41) is 27.4. The van der Waals surface area contributed by atoms with E-state index < -0.39 is 0 Å². The molecule has 8 rings (SSSR count). The highest BCUT2D eigenvalue weighted by atomic mass is 32.2. The van der Waals surface area contributed by atoms with Crippen LogP contribution in [0.25, 0.3) is 17.4 Å². The van der Waals surface area contributed by atoms with Gasteiger partial charge in [-0.05, 0) is 92.4 Å². The zero-order valence-electron chi connectivity index (χ0n) is 25.5. The Morgan fingerprint density at radius 1 is 1.02 bits per heavy atom. The molecule has 0 atom stereocenters. The molecule has 4 bridgehead atoms. The number of aliphatic hydroxyl groups excluding tert-OH is 2. The van der Waals surface area contributed by atoms with E-state index in [1.54, 1.807) is 25.0 Å². The summed E-state index contributed by atoms with van der Waals surface area (Å²) in [6.07, 6.45) is 9.36. The lowest BCUT2D eigenvalue weighted by molar-refractivity contribution is -0.130. The molecule has 12 heteroatoms. The van der Waals surface area contributed by atoms with Gasteiger partial charge in [0.25, 0.3) is 5.91 Å². The topological polar surface area (TPSA) is 123 Å². The lowest BCUT2D eigenvalue weighted by Gasteiger charge is -2.56. The summed E-state index contributed by atoms with van der Waals surface area (Å²) in [5.74, 6) is 5.23. The van der Waals surface area contributed by atoms with Crippen LogP contribution in [0.2, 0.25) is 0 Å². The number of benzene rings is 1. The fraction of sp³-hybridized carbons (Fsp3) is 0.515. The van der Waals surface area contributed by atoms with Gasteiger partial charge in [0.2, 0.25) is 0 Å². The highest BCUT2D eigenvalue weighted by molar-refractivity contribution is 8.26. The first-order valence-corrected chi connectivity index (χ1v) is 16.9. The molecule has 5 fully saturated rings. The van der Waals surface area contributed by atoms with Gasteiger partial charge >= 0.3 is 0 Å². The zero-order chi connectivity index (χ0) is 31.2. The number of hydrogen-bond donors (Lipinski definition) is 2. The van der Waals surface area contributed by atoms with Gasteiger partial charge in [-0.3, -0.25) is 9.69 Å². The summed E-state index contributed by atoms with van der Waals surface area (Å²) in [4.78, 5) is 16.5. The smallest absolute Gasteiger partial charge is 0.266 e. The molecule has 0 spiro atoms. The van der Waals surface area contributed by atoms with E-state index in [9.17, 15) is 15.0 Å². The van der Waals surface area contributed by atoms with Crippen molar-refractivity contribution in [3.63, 3.8) is 0 Å². The molecule has 3 aromatic rings. The Kier molecular flexibility index (Phi) is 8.49. The molecule has 0 unspecified atom stereocenters. The molecule has 45 heavy (non-hydrogen) atoms. The van der Waals surface area contributed by atoms with Gasteiger partial charge in [0, 0.05) is 30.3 Å². The molecule has 0 radical (unpaired) electrons. The number of rotatable bonds is 11. The third kappa shape index (κ3) is 5.70. The minimum Gasteiger partial charge on any atom is -0.497 e. The Balaban J connectivity index is 1.18. The Bertz CT molecular complexity index is 1600. The van der Waals surface area contributed by atoms with Crippen LogP contribution in [0.5, 0.6) is 11.5 Å². The van der Waals surface area contributed by atoms with Crippen molar-refractivity contribution >= 4 is 40.3 Å². The predicted octanol–water partition coefficient (Wildman–Crippen LogP) is 5.20. The first-order chi connectivity index (χ1) is 21.9. The number of ether oxygens (including phenoxy) is 2. The summed E-state index contributed by atoms with van der Waals surface area (Å²) < 4.78 is 19.7. The first-order valence-electron chi connectivity index (χ1n) is 15.6. The van der Waals surface area contributed by atoms with Gasteiger partial charge in [-0.1, -0.05) is 29.2 Å². The van der Waals surface area contributed by atoms with Crippen LogP contribution < -0.4 is 9.47 Å². The Hall–Kier alpha value is -3.19. The molecular formula is C33H38N4O6S2. The molecule has 4 saturated carbocycles. The lowest BCUT2D eigenvalue weighted by atomic mass is 9.54. The second-order valence-corrected chi connectivity index (χ2v) is 14.4. The van der Waals surface area contributed by atoms with Crippen molar-refractivity contribution in [1.82, 2.24) is 19.9 Å². The monoisotopic (exact) mass is 650 g/mol. The normalized spacial score (nSPS) is 26.4. The minimum absolute atomic E-state index is 0.0128. The third-order valence-corrected chi connectivity index (χ3v) is 11.4. The Morgan fingerprint density at radius 2 is 1.71 bits per heavy atom. The van der Waals surface area contributed by atoms with E-state index in [-0.39, 0.29) is 25.2 Å². The molecule has 1 saturated heterocycles. The van der Waals surface area contributed by atoms with Crippen molar-refractivity contribution in [2.45, 2.75) is 70.7 Å². The van der Waals surface area contributed by atoms with Crippen molar-refractivity contribution in [3.05, 3.63) is 51.9 Å². The number of thiocarbonyl (C=S) groups is 1. The van der Waals surface area contributed by atoms with Crippen LogP contribution in [-0.2, 0) is 31.0 Å². The van der Waals surface area contributed by atoms with Crippen molar-refractivity contribution in [2.75, 3.05) is 14.2 Å². The number of aliphatic hydroxyl groups is 2. The lowest BCUT2D eigenvalue weighted by Crippen LogP contribution is -2.57. The summed E-state index contributed by atoms with van der Waals surface area (Å²) in [6.45, 7) is -0.0469. The SMILES string of the molecule is COc1cc(OC)cc(-c2cc(CCCn3nnc(CO)c3CO)c(/C=C3\SC(=S)N(C4C5CC6CC(C5)CC4C6)C3=O)o2)c1. The largest absolute Gasteiger partial charge is 0.497 e. The van der Waals surface area contributed by atoms with Crippen LogP contribution >= 0.6 is 24.0 Å². The molecule has 4 aliphatic carbocycles. The van der Waals surface area contributed by atoms with Crippen LogP contribution in [0.1, 0.15) is 61.2 Å². The van der Waals surface area contributed by atoms with Gasteiger partial charge in [-0.2, -0.15) is 0 Å². The first kappa shape index (κ1) is 30.5. The van der Waals surface area contributed by atoms with Gasteiger partial charge in [0.05, 0.1) is 38.0 Å². The van der Waals surface area contributed by atoms with E-state index in [1.807, 2.05) is 29.2 Å². The quantitative estimate of drug-likeness (QED) is 0.212. The number of furan rings is 1. The fourth-order valence-electron chi connectivity index (χ4n) is 8.29. The van der Waals surface area contributed by atoms with E-state index in [4.69, 9.17) is 26.1 Å². The zero-order valence-corrected chi connectivity index (χ0v) is 27.1. The highest BCUT2D eigenvalue weighted by Gasteiger charge is 2.53. The minimum atomic E-state index is -0.281. The fourth-order valence-corrected chi connectivity index (χ4v) is 9.61. The summed E-state index contributed by atoms with van der Waals surface area (Å²) in [7, 11) is 3.21. The molecule has 1 amide bonds. The second-order valence-electron chi connectivity index (χ2n) is 12.7. The number of amides is 1. The maximum Gasteiger partial charge on any atom is 0.266 e. The summed E-state index contributed by atoms with van der Waals surface area (Å²) in [6, 6.07) is 7.78. The van der Waals surface area contributed by atoms with Crippen LogP contribution in [0, 0.1) is 23.7 Å². The predicted molar refractivity (Wildman–Crippen MR) is 173 cm³/mol. The number of hydrogen-bond acceptors (Lipinski definition) is 10. The van der Waals surface area contributed by atoms with Gasteiger partial charge in [-0.25, -0.2) is 4.68 Å². The standard InChI is InChI=1S/C33H38N4O6S2/c1-41-24-11-21(12-25(14-24)42-2)28-13-20(4-3-5-36-27(17-39)26(16-38)34-35-36)29(43-28)15-30-32(40)37(33(44)45-30)31-22-7-18-6-19(9-22)10-23(31)8-18/h11-15,18-19,22-23,31,38-39H,3-10,16-17H2,1-2H3/b30-15-. The molecule has 2 N–H and O–H groups in total. The molecule has 238 valence electrons. The number of carbonyl (C=O) groups is 1. The Labute approximate surface area is 271 Å². The number of aromatic nitrogens is 3. The molecule has 5 aliphatic rings. The van der Waals surface area contributed by atoms with Crippen LogP contribution in [0.3, 0.4) is 0 Å². The highest BCUT2D eigenvalue weighted by Crippen LogP contribution is 2.56. The van der Waals surface area contributed by atoms with Crippen LogP contribution in [0.15, 0.2) is 33.6 Å². The van der Waals surface area contributed by atoms with Crippen molar-refractivity contribution in [2.24, 2.45) is 23.7 Å². The van der Waals surface area contributed by atoms with Crippen LogP contribution in [0.4, 0.5) is 0 Å². The number of nitrogens with zero attached hydrogens (tertiary/aromatic N) is 4. The van der Waals surface area contributed by atoms with E-state index in [2.05, 4.69) is 10.3 Å². The molecule has 2 aromatic heterocycles. The van der Waals surface area contributed by atoms with Crippen molar-refractivity contribution in [3.8, 4) is 22.8 Å². The second kappa shape index (κ2) is 12.5. The number of carbonyl (C=O) groups excluding carboxylic acids is 1. The van der Waals surface area contributed by atoms with Gasteiger partial charge < -0.3 is 24.1 Å². The van der Waals surface area contributed by atoms with Gasteiger partial charge in [0.15, 0.2) is 0 Å². The molecule has 1 aromatic carbocycles. The van der Waals surface area contributed by atoms with Gasteiger partial charge in [0.1, 0.15) is 33.0 Å². The summed E-state index contributed by atoms with van der Waals surface area (Å²) >= 11 is 7.23. The Morgan fingerprint density at radius 3 is 2.33 bits per heavy atom. The van der Waals surface area contributed by atoms with E-state index in [0.29, 0.717) is 74.9 Å².